The SMILES string of the molecule is COc1cc(CNC(=O)CN(c2ccc(OC(C)C)cc2)S(C)(=O)=O)ccc1OC(C)C. The van der Waals surface area contributed by atoms with Crippen LogP contribution in [0.4, 0.5) is 5.69 Å². The average Bonchev–Trinajstić information content (AvgIpc) is 2.70. The highest BCUT2D eigenvalue weighted by atomic mass is 32.2. The molecule has 8 nitrogen and oxygen atoms in total. The maximum Gasteiger partial charge on any atom is 0.241 e. The van der Waals surface area contributed by atoms with Crippen molar-refractivity contribution in [1.29, 1.82) is 0 Å². The minimum atomic E-state index is -3.66. The summed E-state index contributed by atoms with van der Waals surface area (Å²) < 4.78 is 42.3. The Morgan fingerprint density at radius 2 is 1.59 bits per heavy atom. The van der Waals surface area contributed by atoms with Crippen molar-refractivity contribution in [2.45, 2.75) is 46.4 Å². The topological polar surface area (TPSA) is 94.2 Å². The Morgan fingerprint density at radius 1 is 0.969 bits per heavy atom. The van der Waals surface area contributed by atoms with Crippen LogP contribution in [0.2, 0.25) is 0 Å². The van der Waals surface area contributed by atoms with Gasteiger partial charge in [0.15, 0.2) is 11.5 Å². The molecule has 0 spiro atoms. The molecule has 1 N–H and O–H groups in total. The van der Waals surface area contributed by atoms with Gasteiger partial charge < -0.3 is 19.5 Å². The lowest BCUT2D eigenvalue weighted by Gasteiger charge is -2.22. The first-order chi connectivity index (χ1) is 15.0. The fourth-order valence-electron chi connectivity index (χ4n) is 2.92. The number of methoxy groups -OCH3 is 1. The quantitative estimate of drug-likeness (QED) is 0.548. The van der Waals surface area contributed by atoms with Gasteiger partial charge in [-0.1, -0.05) is 6.07 Å². The Labute approximate surface area is 190 Å². The Balaban J connectivity index is 2.07. The number of carbonyl (C=O) groups is 1. The number of rotatable bonds is 11. The van der Waals surface area contributed by atoms with E-state index in [9.17, 15) is 13.2 Å². The molecular weight excluding hydrogens is 432 g/mol. The molecule has 0 aliphatic carbocycles. The van der Waals surface area contributed by atoms with Crippen molar-refractivity contribution in [1.82, 2.24) is 5.32 Å². The normalized spacial score (nSPS) is 11.4. The molecule has 1 amide bonds. The molecule has 0 bridgehead atoms. The molecule has 32 heavy (non-hydrogen) atoms. The van der Waals surface area contributed by atoms with Crippen LogP contribution in [0, 0.1) is 0 Å². The second-order valence-corrected chi connectivity index (χ2v) is 9.77. The molecular formula is C23H32N2O6S. The van der Waals surface area contributed by atoms with Gasteiger partial charge in [-0.05, 0) is 69.7 Å². The summed E-state index contributed by atoms with van der Waals surface area (Å²) in [4.78, 5) is 12.5. The zero-order valence-electron chi connectivity index (χ0n) is 19.4. The fourth-order valence-corrected chi connectivity index (χ4v) is 3.78. The van der Waals surface area contributed by atoms with Crippen molar-refractivity contribution >= 4 is 21.6 Å². The number of anilines is 1. The molecule has 2 rings (SSSR count). The third kappa shape index (κ3) is 7.64. The van der Waals surface area contributed by atoms with Crippen LogP contribution in [0.1, 0.15) is 33.3 Å². The van der Waals surface area contributed by atoms with Crippen molar-refractivity contribution in [2.75, 3.05) is 24.2 Å². The highest BCUT2D eigenvalue weighted by Gasteiger charge is 2.21. The molecule has 0 atom stereocenters. The number of hydrogen-bond donors (Lipinski definition) is 1. The van der Waals surface area contributed by atoms with Crippen molar-refractivity contribution in [3.8, 4) is 17.2 Å². The second-order valence-electron chi connectivity index (χ2n) is 7.86. The summed E-state index contributed by atoms with van der Waals surface area (Å²) >= 11 is 0. The van der Waals surface area contributed by atoms with E-state index in [1.165, 1.54) is 0 Å². The van der Waals surface area contributed by atoms with E-state index >= 15 is 0 Å². The van der Waals surface area contributed by atoms with Crippen molar-refractivity contribution in [2.24, 2.45) is 0 Å². The minimum Gasteiger partial charge on any atom is -0.493 e. The number of sulfonamides is 1. The maximum atomic E-state index is 12.5. The molecule has 0 aromatic heterocycles. The van der Waals surface area contributed by atoms with E-state index in [2.05, 4.69) is 5.32 Å². The van der Waals surface area contributed by atoms with E-state index in [-0.39, 0.29) is 25.3 Å². The van der Waals surface area contributed by atoms with Crippen molar-refractivity contribution in [3.63, 3.8) is 0 Å². The van der Waals surface area contributed by atoms with Gasteiger partial charge in [0.1, 0.15) is 12.3 Å². The van der Waals surface area contributed by atoms with E-state index < -0.39 is 15.9 Å². The molecule has 0 heterocycles. The molecule has 0 aliphatic heterocycles. The zero-order valence-corrected chi connectivity index (χ0v) is 20.2. The van der Waals surface area contributed by atoms with Gasteiger partial charge in [-0.15, -0.1) is 0 Å². The zero-order chi connectivity index (χ0) is 23.9. The van der Waals surface area contributed by atoms with Crippen molar-refractivity contribution in [3.05, 3.63) is 48.0 Å². The number of ether oxygens (including phenoxy) is 3. The maximum absolute atomic E-state index is 12.5. The number of nitrogens with one attached hydrogen (secondary N) is 1. The first-order valence-electron chi connectivity index (χ1n) is 10.3. The van der Waals surface area contributed by atoms with E-state index in [1.54, 1.807) is 43.5 Å². The van der Waals surface area contributed by atoms with Gasteiger partial charge in [-0.3, -0.25) is 9.10 Å². The number of hydrogen-bond acceptors (Lipinski definition) is 6. The minimum absolute atomic E-state index is 0.00210. The summed E-state index contributed by atoms with van der Waals surface area (Å²) in [6, 6.07) is 12.0. The van der Waals surface area contributed by atoms with Crippen LogP contribution in [0.5, 0.6) is 17.2 Å². The van der Waals surface area contributed by atoms with Gasteiger partial charge in [0.2, 0.25) is 15.9 Å². The first-order valence-corrected chi connectivity index (χ1v) is 12.2. The van der Waals surface area contributed by atoms with E-state index in [0.717, 1.165) is 16.1 Å². The number of amides is 1. The van der Waals surface area contributed by atoms with E-state index in [1.807, 2.05) is 33.8 Å². The molecule has 0 aliphatic rings. The van der Waals surface area contributed by atoms with E-state index in [4.69, 9.17) is 14.2 Å². The Kier molecular flexibility index (Phi) is 8.77. The Hall–Kier alpha value is -2.94. The molecule has 0 saturated carbocycles. The largest absolute Gasteiger partial charge is 0.493 e. The third-order valence-electron chi connectivity index (χ3n) is 4.26. The number of carbonyl (C=O) groups excluding carboxylic acids is 1. The smallest absolute Gasteiger partial charge is 0.241 e. The van der Waals surface area contributed by atoms with Crippen LogP contribution in [0.25, 0.3) is 0 Å². The summed E-state index contributed by atoms with van der Waals surface area (Å²) in [5, 5.41) is 2.75. The predicted molar refractivity (Wildman–Crippen MR) is 125 cm³/mol. The number of benzene rings is 2. The molecule has 0 fully saturated rings. The molecule has 0 saturated heterocycles. The molecule has 2 aromatic rings. The van der Waals surface area contributed by atoms with Gasteiger partial charge in [0.25, 0.3) is 0 Å². The monoisotopic (exact) mass is 464 g/mol. The van der Waals surface area contributed by atoms with Gasteiger partial charge in [-0.25, -0.2) is 8.42 Å². The molecule has 2 aromatic carbocycles. The molecule has 9 heteroatoms. The van der Waals surface area contributed by atoms with Crippen LogP contribution in [-0.2, 0) is 21.4 Å². The Bertz CT molecular complexity index is 1000. The van der Waals surface area contributed by atoms with Crippen LogP contribution in [0.15, 0.2) is 42.5 Å². The van der Waals surface area contributed by atoms with E-state index in [0.29, 0.717) is 22.9 Å². The van der Waals surface area contributed by atoms with Gasteiger partial charge in [0.05, 0.1) is 31.3 Å². The van der Waals surface area contributed by atoms with Gasteiger partial charge in [0, 0.05) is 6.54 Å². The summed E-state index contributed by atoms with van der Waals surface area (Å²) in [6.45, 7) is 7.53. The Morgan fingerprint density at radius 3 is 2.12 bits per heavy atom. The lowest BCUT2D eigenvalue weighted by molar-refractivity contribution is -0.119. The van der Waals surface area contributed by atoms with Crippen LogP contribution >= 0.6 is 0 Å². The molecule has 0 radical (unpaired) electrons. The number of nitrogens with zero attached hydrogens (tertiary/aromatic N) is 1. The molecule has 176 valence electrons. The van der Waals surface area contributed by atoms with Gasteiger partial charge in [-0.2, -0.15) is 0 Å². The van der Waals surface area contributed by atoms with Crippen LogP contribution < -0.4 is 23.8 Å². The highest BCUT2D eigenvalue weighted by molar-refractivity contribution is 7.92. The summed E-state index contributed by atoms with van der Waals surface area (Å²) in [6.07, 6.45) is 1.07. The lowest BCUT2D eigenvalue weighted by atomic mass is 10.2. The van der Waals surface area contributed by atoms with Crippen LogP contribution in [0.3, 0.4) is 0 Å². The molecule has 0 unspecified atom stereocenters. The fraction of sp³-hybridized carbons (Fsp3) is 0.435. The average molecular weight is 465 g/mol. The van der Waals surface area contributed by atoms with Crippen molar-refractivity contribution < 1.29 is 27.4 Å². The predicted octanol–water partition coefficient (Wildman–Crippen LogP) is 3.35. The second kappa shape index (κ2) is 11.1. The lowest BCUT2D eigenvalue weighted by Crippen LogP contribution is -2.40. The van der Waals surface area contributed by atoms with Crippen LogP contribution in [-0.4, -0.2) is 46.4 Å². The summed E-state index contributed by atoms with van der Waals surface area (Å²) in [5.41, 5.74) is 1.18. The summed E-state index contributed by atoms with van der Waals surface area (Å²) in [7, 11) is -2.12. The third-order valence-corrected chi connectivity index (χ3v) is 5.41. The highest BCUT2D eigenvalue weighted by Crippen LogP contribution is 2.29. The standard InChI is InChI=1S/C23H32N2O6S/c1-16(2)30-20-10-8-19(9-11-20)25(32(6,27)28)15-23(26)24-14-18-7-12-21(31-17(3)4)22(13-18)29-5/h7-13,16-17H,14-15H2,1-6H3,(H,24,26). The summed E-state index contributed by atoms with van der Waals surface area (Å²) in [5.74, 6) is 1.37. The van der Waals surface area contributed by atoms with Gasteiger partial charge >= 0.3 is 0 Å². The first kappa shape index (κ1) is 25.3.